The summed E-state index contributed by atoms with van der Waals surface area (Å²) >= 11 is 0. The molecular weight excluding hydrogens is 245 g/mol. The van der Waals surface area contributed by atoms with Crippen molar-refractivity contribution in [1.82, 2.24) is 15.2 Å². The second-order valence-corrected chi connectivity index (χ2v) is 4.05. The maximum atomic E-state index is 13.1. The molecule has 0 saturated heterocycles. The van der Waals surface area contributed by atoms with Crippen LogP contribution >= 0.6 is 0 Å². The van der Waals surface area contributed by atoms with Crippen molar-refractivity contribution in [2.24, 2.45) is 0 Å². The summed E-state index contributed by atoms with van der Waals surface area (Å²) in [5.41, 5.74) is 1.56. The van der Waals surface area contributed by atoms with Crippen molar-refractivity contribution in [3.05, 3.63) is 66.1 Å². The predicted molar refractivity (Wildman–Crippen MR) is 66.7 cm³/mol. The second-order valence-electron chi connectivity index (χ2n) is 4.05. The molecule has 0 saturated carbocycles. The van der Waals surface area contributed by atoms with Gasteiger partial charge >= 0.3 is 0 Å². The van der Waals surface area contributed by atoms with Crippen LogP contribution < -0.4 is 0 Å². The quantitative estimate of drug-likeness (QED) is 0.722. The highest BCUT2D eigenvalue weighted by Gasteiger charge is 2.09. The highest BCUT2D eigenvalue weighted by Crippen LogP contribution is 2.17. The highest BCUT2D eigenvalue weighted by atomic mass is 19.1. The molecule has 0 aliphatic carbocycles. The number of hydrogen-bond donors (Lipinski definition) is 0. The zero-order valence-corrected chi connectivity index (χ0v) is 9.95. The Morgan fingerprint density at radius 2 is 2.05 bits per heavy atom. The molecule has 94 valence electrons. The maximum absolute atomic E-state index is 13.1. The van der Waals surface area contributed by atoms with Gasteiger partial charge in [-0.15, -0.1) is 10.2 Å². The Kier molecular flexibility index (Phi) is 3.02. The first-order valence-corrected chi connectivity index (χ1v) is 5.78. The average molecular weight is 255 g/mol. The summed E-state index contributed by atoms with van der Waals surface area (Å²) in [5.74, 6) is 0.591. The van der Waals surface area contributed by atoms with E-state index in [1.807, 2.05) is 12.1 Å². The second kappa shape index (κ2) is 4.97. The SMILES string of the molecule is Fc1cccc(Cc2nnc(-c3cccnc3)o2)c1. The van der Waals surface area contributed by atoms with Crippen molar-refractivity contribution in [1.29, 1.82) is 0 Å². The molecule has 1 aromatic carbocycles. The van der Waals surface area contributed by atoms with Gasteiger partial charge in [0.05, 0.1) is 12.0 Å². The molecular formula is C14H10FN3O. The van der Waals surface area contributed by atoms with E-state index in [2.05, 4.69) is 15.2 Å². The van der Waals surface area contributed by atoms with Gasteiger partial charge in [-0.2, -0.15) is 0 Å². The summed E-state index contributed by atoms with van der Waals surface area (Å²) in [6, 6.07) is 9.96. The first-order valence-electron chi connectivity index (χ1n) is 5.78. The number of rotatable bonds is 3. The van der Waals surface area contributed by atoms with Crippen LogP contribution in [0.5, 0.6) is 0 Å². The smallest absolute Gasteiger partial charge is 0.249 e. The Labute approximate surface area is 108 Å². The van der Waals surface area contributed by atoms with Crippen molar-refractivity contribution in [2.75, 3.05) is 0 Å². The fourth-order valence-corrected chi connectivity index (χ4v) is 1.75. The Balaban J connectivity index is 1.82. The van der Waals surface area contributed by atoms with Crippen molar-refractivity contribution in [2.45, 2.75) is 6.42 Å². The first kappa shape index (κ1) is 11.5. The van der Waals surface area contributed by atoms with Crippen LogP contribution in [0.2, 0.25) is 0 Å². The number of halogens is 1. The van der Waals surface area contributed by atoms with Crippen LogP contribution in [0.4, 0.5) is 4.39 Å². The van der Waals surface area contributed by atoms with Gasteiger partial charge in [0.15, 0.2) is 0 Å². The lowest BCUT2D eigenvalue weighted by Crippen LogP contribution is -1.89. The molecule has 2 heterocycles. The van der Waals surface area contributed by atoms with Gasteiger partial charge in [0.25, 0.3) is 0 Å². The van der Waals surface area contributed by atoms with Gasteiger partial charge in [0, 0.05) is 12.4 Å². The topological polar surface area (TPSA) is 51.8 Å². The van der Waals surface area contributed by atoms with Gasteiger partial charge in [-0.25, -0.2) is 4.39 Å². The molecule has 0 fully saturated rings. The molecule has 0 aliphatic heterocycles. The van der Waals surface area contributed by atoms with Crippen molar-refractivity contribution in [3.63, 3.8) is 0 Å². The van der Waals surface area contributed by atoms with E-state index in [9.17, 15) is 4.39 Å². The van der Waals surface area contributed by atoms with E-state index in [1.54, 1.807) is 24.5 Å². The van der Waals surface area contributed by atoms with Crippen molar-refractivity contribution < 1.29 is 8.81 Å². The van der Waals surface area contributed by atoms with Gasteiger partial charge in [-0.3, -0.25) is 4.98 Å². The van der Waals surface area contributed by atoms with E-state index in [-0.39, 0.29) is 5.82 Å². The van der Waals surface area contributed by atoms with E-state index >= 15 is 0 Å². The Bertz CT molecular complexity index is 682. The molecule has 0 spiro atoms. The Morgan fingerprint density at radius 1 is 1.11 bits per heavy atom. The fraction of sp³-hybridized carbons (Fsp3) is 0.0714. The lowest BCUT2D eigenvalue weighted by Gasteiger charge is -1.96. The zero-order valence-electron chi connectivity index (χ0n) is 9.95. The van der Waals surface area contributed by atoms with Crippen molar-refractivity contribution in [3.8, 4) is 11.5 Å². The Morgan fingerprint density at radius 3 is 2.84 bits per heavy atom. The Hall–Kier alpha value is -2.56. The molecule has 2 aromatic heterocycles. The van der Waals surface area contributed by atoms with Gasteiger partial charge < -0.3 is 4.42 Å². The molecule has 0 aliphatic rings. The maximum Gasteiger partial charge on any atom is 0.249 e. The van der Waals surface area contributed by atoms with Gasteiger partial charge in [-0.05, 0) is 29.8 Å². The normalized spacial score (nSPS) is 10.6. The number of pyridine rings is 1. The monoisotopic (exact) mass is 255 g/mol. The molecule has 3 aromatic rings. The lowest BCUT2D eigenvalue weighted by atomic mass is 10.1. The van der Waals surface area contributed by atoms with E-state index in [1.165, 1.54) is 12.1 Å². The number of hydrogen-bond acceptors (Lipinski definition) is 4. The van der Waals surface area contributed by atoms with Crippen LogP contribution in [0.15, 0.2) is 53.2 Å². The van der Waals surface area contributed by atoms with Crippen LogP contribution in [0, 0.1) is 5.82 Å². The van der Waals surface area contributed by atoms with E-state index in [0.717, 1.165) is 11.1 Å². The molecule has 0 amide bonds. The summed E-state index contributed by atoms with van der Waals surface area (Å²) in [5, 5.41) is 7.91. The van der Waals surface area contributed by atoms with Gasteiger partial charge in [0.1, 0.15) is 5.82 Å². The van der Waals surface area contributed by atoms with Gasteiger partial charge in [-0.1, -0.05) is 12.1 Å². The predicted octanol–water partition coefficient (Wildman–Crippen LogP) is 2.86. The van der Waals surface area contributed by atoms with Crippen molar-refractivity contribution >= 4 is 0 Å². The molecule has 5 heteroatoms. The lowest BCUT2D eigenvalue weighted by molar-refractivity contribution is 0.517. The van der Waals surface area contributed by atoms with Crippen LogP contribution in [0.3, 0.4) is 0 Å². The minimum Gasteiger partial charge on any atom is -0.420 e. The minimum atomic E-state index is -0.274. The minimum absolute atomic E-state index is 0.274. The molecule has 4 nitrogen and oxygen atoms in total. The van der Waals surface area contributed by atoms with E-state index < -0.39 is 0 Å². The van der Waals surface area contributed by atoms with E-state index in [4.69, 9.17) is 4.42 Å². The summed E-state index contributed by atoms with van der Waals surface area (Å²) in [4.78, 5) is 3.99. The number of aromatic nitrogens is 3. The third-order valence-corrected chi connectivity index (χ3v) is 2.62. The van der Waals surface area contributed by atoms with Crippen LogP contribution in [0.25, 0.3) is 11.5 Å². The summed E-state index contributed by atoms with van der Waals surface area (Å²) in [7, 11) is 0. The standard InChI is InChI=1S/C14H10FN3O/c15-12-5-1-3-10(7-12)8-13-17-18-14(19-13)11-4-2-6-16-9-11/h1-7,9H,8H2. The van der Waals surface area contributed by atoms with Gasteiger partial charge in [0.2, 0.25) is 11.8 Å². The molecule has 3 rings (SSSR count). The summed E-state index contributed by atoms with van der Waals surface area (Å²) in [6.07, 6.45) is 3.73. The molecule has 0 unspecified atom stereocenters. The zero-order chi connectivity index (χ0) is 13.1. The number of nitrogens with zero attached hydrogens (tertiary/aromatic N) is 3. The summed E-state index contributed by atoms with van der Waals surface area (Å²) < 4.78 is 18.6. The fourth-order valence-electron chi connectivity index (χ4n) is 1.75. The molecule has 0 N–H and O–H groups in total. The highest BCUT2D eigenvalue weighted by molar-refractivity contribution is 5.49. The van der Waals surface area contributed by atoms with Crippen LogP contribution in [0.1, 0.15) is 11.5 Å². The number of benzene rings is 1. The summed E-state index contributed by atoms with van der Waals surface area (Å²) in [6.45, 7) is 0. The molecule has 0 bridgehead atoms. The first-order chi connectivity index (χ1) is 9.31. The third kappa shape index (κ3) is 2.65. The largest absolute Gasteiger partial charge is 0.420 e. The molecule has 0 atom stereocenters. The molecule has 0 radical (unpaired) electrons. The third-order valence-electron chi connectivity index (χ3n) is 2.62. The molecule has 19 heavy (non-hydrogen) atoms. The average Bonchev–Trinajstić information content (AvgIpc) is 2.88. The van der Waals surface area contributed by atoms with Crippen LogP contribution in [-0.2, 0) is 6.42 Å². The van der Waals surface area contributed by atoms with Crippen LogP contribution in [-0.4, -0.2) is 15.2 Å². The van der Waals surface area contributed by atoms with E-state index in [0.29, 0.717) is 18.2 Å².